The molecule has 0 N–H and O–H groups in total. The molecule has 9 nitrogen and oxygen atoms in total. The Labute approximate surface area is 175 Å². The monoisotopic (exact) mass is 430 g/mol. The highest BCUT2D eigenvalue weighted by molar-refractivity contribution is 7.90. The van der Waals surface area contributed by atoms with E-state index in [0.717, 1.165) is 0 Å². The number of methoxy groups -OCH3 is 1. The molecule has 30 heavy (non-hydrogen) atoms. The van der Waals surface area contributed by atoms with E-state index in [9.17, 15) is 18.0 Å². The van der Waals surface area contributed by atoms with E-state index in [1.54, 1.807) is 64.4 Å². The standard InChI is InChI=1S/C20H22N4O5S/c1-29-16-5-2-4-15(14-16)19(25)23-8-10-24(11-9-23)20(26)17-6-3-7-22-12-13-30(27,28)21-18(17)22/h2-7,14H,8-13H2,1H3. The summed E-state index contributed by atoms with van der Waals surface area (Å²) >= 11 is 0. The number of amidine groups is 1. The Hall–Kier alpha value is -3.14. The first-order chi connectivity index (χ1) is 14.4. The fraction of sp³-hybridized carbons (Fsp3) is 0.350. The van der Waals surface area contributed by atoms with Gasteiger partial charge in [-0.15, -0.1) is 4.40 Å². The molecular weight excluding hydrogens is 408 g/mol. The summed E-state index contributed by atoms with van der Waals surface area (Å²) < 4.78 is 32.8. The van der Waals surface area contributed by atoms with Gasteiger partial charge in [-0.05, 0) is 30.4 Å². The van der Waals surface area contributed by atoms with Gasteiger partial charge in [0.1, 0.15) is 5.75 Å². The Bertz CT molecular complexity index is 1070. The second kappa shape index (κ2) is 7.94. The number of amides is 2. The molecule has 0 spiro atoms. The number of hydrogen-bond acceptors (Lipinski definition) is 6. The number of nitrogens with zero attached hydrogens (tertiary/aromatic N) is 4. The smallest absolute Gasteiger partial charge is 0.257 e. The maximum Gasteiger partial charge on any atom is 0.257 e. The second-order valence-corrected chi connectivity index (χ2v) is 8.89. The van der Waals surface area contributed by atoms with Gasteiger partial charge in [-0.3, -0.25) is 9.59 Å². The highest BCUT2D eigenvalue weighted by Gasteiger charge is 2.33. The lowest BCUT2D eigenvalue weighted by molar-refractivity contribution is -0.128. The molecule has 3 heterocycles. The van der Waals surface area contributed by atoms with Crippen LogP contribution >= 0.6 is 0 Å². The van der Waals surface area contributed by atoms with E-state index in [2.05, 4.69) is 4.40 Å². The molecule has 0 radical (unpaired) electrons. The van der Waals surface area contributed by atoms with Crippen LogP contribution in [-0.2, 0) is 14.8 Å². The zero-order valence-corrected chi connectivity index (χ0v) is 17.3. The van der Waals surface area contributed by atoms with Gasteiger partial charge in [0.15, 0.2) is 5.84 Å². The quantitative estimate of drug-likeness (QED) is 0.692. The number of carbonyl (C=O) groups is 2. The first kappa shape index (κ1) is 20.1. The van der Waals surface area contributed by atoms with Crippen LogP contribution in [0.3, 0.4) is 0 Å². The Morgan fingerprint density at radius 3 is 2.43 bits per heavy atom. The van der Waals surface area contributed by atoms with E-state index in [1.807, 2.05) is 0 Å². The molecule has 0 aliphatic carbocycles. The lowest BCUT2D eigenvalue weighted by Gasteiger charge is -2.36. The van der Waals surface area contributed by atoms with Crippen LogP contribution in [-0.4, -0.2) is 86.4 Å². The minimum Gasteiger partial charge on any atom is -0.497 e. The van der Waals surface area contributed by atoms with Crippen LogP contribution in [0.15, 0.2) is 52.6 Å². The number of piperazine rings is 1. The van der Waals surface area contributed by atoms with Crippen molar-refractivity contribution >= 4 is 27.7 Å². The van der Waals surface area contributed by atoms with Gasteiger partial charge in [-0.2, -0.15) is 0 Å². The summed E-state index contributed by atoms with van der Waals surface area (Å²) in [5, 5.41) is 0. The summed E-state index contributed by atoms with van der Waals surface area (Å²) in [6.45, 7) is 1.76. The Kier molecular flexibility index (Phi) is 5.33. The first-order valence-corrected chi connectivity index (χ1v) is 11.2. The van der Waals surface area contributed by atoms with Gasteiger partial charge >= 0.3 is 0 Å². The van der Waals surface area contributed by atoms with E-state index in [0.29, 0.717) is 37.5 Å². The van der Waals surface area contributed by atoms with Crippen LogP contribution in [0.2, 0.25) is 0 Å². The average Bonchev–Trinajstić information content (AvgIpc) is 2.77. The Morgan fingerprint density at radius 1 is 1.03 bits per heavy atom. The van der Waals surface area contributed by atoms with Crippen molar-refractivity contribution in [3.8, 4) is 5.75 Å². The predicted octanol–water partition coefficient (Wildman–Crippen LogP) is 0.477. The van der Waals surface area contributed by atoms with Crippen LogP contribution in [0.5, 0.6) is 5.75 Å². The third-order valence-electron chi connectivity index (χ3n) is 5.26. The molecule has 3 aliphatic rings. The van der Waals surface area contributed by atoms with Gasteiger partial charge in [-0.25, -0.2) is 8.42 Å². The van der Waals surface area contributed by atoms with Gasteiger partial charge < -0.3 is 19.4 Å². The molecule has 0 atom stereocenters. The van der Waals surface area contributed by atoms with E-state index < -0.39 is 10.0 Å². The van der Waals surface area contributed by atoms with Crippen molar-refractivity contribution in [2.24, 2.45) is 4.40 Å². The zero-order valence-electron chi connectivity index (χ0n) is 16.5. The molecule has 1 saturated heterocycles. The molecule has 158 valence electrons. The van der Waals surface area contributed by atoms with E-state index in [1.165, 1.54) is 0 Å². The molecule has 2 amide bonds. The summed E-state index contributed by atoms with van der Waals surface area (Å²) in [7, 11) is -2.02. The lowest BCUT2D eigenvalue weighted by atomic mass is 10.1. The fourth-order valence-electron chi connectivity index (χ4n) is 3.60. The van der Waals surface area contributed by atoms with Crippen LogP contribution in [0.25, 0.3) is 0 Å². The minimum atomic E-state index is -3.57. The Balaban J connectivity index is 1.44. The van der Waals surface area contributed by atoms with Crippen LogP contribution in [0.1, 0.15) is 10.4 Å². The number of carbonyl (C=O) groups excluding carboxylic acids is 2. The van der Waals surface area contributed by atoms with Gasteiger partial charge in [0.25, 0.3) is 21.8 Å². The third kappa shape index (κ3) is 3.95. The zero-order chi connectivity index (χ0) is 21.3. The molecule has 10 heteroatoms. The largest absolute Gasteiger partial charge is 0.497 e. The number of benzene rings is 1. The maximum atomic E-state index is 13.1. The number of hydrogen-bond donors (Lipinski definition) is 0. The second-order valence-electron chi connectivity index (χ2n) is 7.13. The van der Waals surface area contributed by atoms with Gasteiger partial charge in [0.05, 0.1) is 18.4 Å². The molecule has 3 aliphatic heterocycles. The van der Waals surface area contributed by atoms with Crippen molar-refractivity contribution in [3.63, 3.8) is 0 Å². The number of rotatable bonds is 3. The number of fused-ring (bicyclic) bond motifs is 1. The van der Waals surface area contributed by atoms with E-state index in [4.69, 9.17) is 4.74 Å². The van der Waals surface area contributed by atoms with Gasteiger partial charge in [0.2, 0.25) is 0 Å². The third-order valence-corrected chi connectivity index (χ3v) is 6.41. The SMILES string of the molecule is COc1cccc(C(=O)N2CCN(C(=O)C3=CC=CN4CCS(=O)(=O)N=C34)CC2)c1. The number of ether oxygens (including phenoxy) is 1. The summed E-state index contributed by atoms with van der Waals surface area (Å²) in [6.07, 6.45) is 5.02. The summed E-state index contributed by atoms with van der Waals surface area (Å²) in [5.74, 6) is 0.305. The number of allylic oxidation sites excluding steroid dienone is 2. The molecule has 1 aromatic rings. The van der Waals surface area contributed by atoms with Crippen molar-refractivity contribution in [2.75, 3.05) is 45.6 Å². The normalized spacial score (nSPS) is 20.2. The van der Waals surface area contributed by atoms with Crippen LogP contribution in [0.4, 0.5) is 0 Å². The van der Waals surface area contributed by atoms with Crippen molar-refractivity contribution in [2.45, 2.75) is 0 Å². The van der Waals surface area contributed by atoms with Crippen LogP contribution < -0.4 is 4.74 Å². The molecule has 1 aromatic carbocycles. The number of sulfonamides is 1. The average molecular weight is 430 g/mol. The topological polar surface area (TPSA) is 99.6 Å². The molecule has 0 unspecified atom stereocenters. The molecular formula is C20H22N4O5S. The first-order valence-electron chi connectivity index (χ1n) is 9.59. The summed E-state index contributed by atoms with van der Waals surface area (Å²) in [6, 6.07) is 6.96. The van der Waals surface area contributed by atoms with Crippen molar-refractivity contribution in [3.05, 3.63) is 53.8 Å². The van der Waals surface area contributed by atoms with E-state index in [-0.39, 0.29) is 35.5 Å². The molecule has 0 bridgehead atoms. The lowest BCUT2D eigenvalue weighted by Crippen LogP contribution is -2.52. The van der Waals surface area contributed by atoms with Crippen molar-refractivity contribution < 1.29 is 22.7 Å². The highest BCUT2D eigenvalue weighted by Crippen LogP contribution is 2.21. The van der Waals surface area contributed by atoms with Crippen LogP contribution in [0, 0.1) is 0 Å². The Morgan fingerprint density at radius 2 is 1.73 bits per heavy atom. The van der Waals surface area contributed by atoms with Gasteiger partial charge in [-0.1, -0.05) is 6.07 Å². The molecule has 1 fully saturated rings. The predicted molar refractivity (Wildman–Crippen MR) is 111 cm³/mol. The molecule has 0 aromatic heterocycles. The molecule has 4 rings (SSSR count). The minimum absolute atomic E-state index is 0.0760. The summed E-state index contributed by atoms with van der Waals surface area (Å²) in [5.41, 5.74) is 0.792. The summed E-state index contributed by atoms with van der Waals surface area (Å²) in [4.78, 5) is 30.8. The van der Waals surface area contributed by atoms with Crippen molar-refractivity contribution in [1.29, 1.82) is 0 Å². The van der Waals surface area contributed by atoms with Gasteiger partial charge in [0, 0.05) is 44.5 Å². The van der Waals surface area contributed by atoms with Crippen molar-refractivity contribution in [1.82, 2.24) is 14.7 Å². The maximum absolute atomic E-state index is 13.1. The highest BCUT2D eigenvalue weighted by atomic mass is 32.2. The molecule has 0 saturated carbocycles. The fourth-order valence-corrected chi connectivity index (χ4v) is 4.59. The van der Waals surface area contributed by atoms with E-state index >= 15 is 0 Å².